The molecule has 0 atom stereocenters. The first kappa shape index (κ1) is 17.5. The smallest absolute Gasteiger partial charge is 0.342 e. The summed E-state index contributed by atoms with van der Waals surface area (Å²) in [5.74, 6) is 1.27. The van der Waals surface area contributed by atoms with Crippen LogP contribution in [0.15, 0.2) is 48.8 Å². The minimum absolute atomic E-state index is 0.238. The van der Waals surface area contributed by atoms with Crippen molar-refractivity contribution in [2.24, 2.45) is 11.8 Å². The summed E-state index contributed by atoms with van der Waals surface area (Å²) in [7, 11) is 0. The van der Waals surface area contributed by atoms with Crippen molar-refractivity contribution in [2.45, 2.75) is 31.7 Å². The lowest BCUT2D eigenvalue weighted by atomic mass is 10.1. The fourth-order valence-electron chi connectivity index (χ4n) is 3.23. The summed E-state index contributed by atoms with van der Waals surface area (Å²) in [4.78, 5) is 28.6. The monoisotopic (exact) mass is 366 g/mol. The van der Waals surface area contributed by atoms with Crippen LogP contribution in [0, 0.1) is 11.8 Å². The number of ether oxygens (including phenoxy) is 2. The van der Waals surface area contributed by atoms with E-state index in [-0.39, 0.29) is 24.1 Å². The Kier molecular flexibility index (Phi) is 5.05. The quantitative estimate of drug-likeness (QED) is 0.725. The molecule has 6 nitrogen and oxygen atoms in total. The Hall–Kier alpha value is -2.89. The van der Waals surface area contributed by atoms with Gasteiger partial charge < -0.3 is 14.8 Å². The molecule has 2 aromatic rings. The van der Waals surface area contributed by atoms with E-state index in [1.807, 2.05) is 0 Å². The molecule has 0 saturated heterocycles. The van der Waals surface area contributed by atoms with E-state index in [0.717, 1.165) is 0 Å². The van der Waals surface area contributed by atoms with Gasteiger partial charge in [0.05, 0.1) is 6.20 Å². The van der Waals surface area contributed by atoms with Crippen molar-refractivity contribution in [3.63, 3.8) is 0 Å². The summed E-state index contributed by atoms with van der Waals surface area (Å²) in [6, 6.07) is 10.5. The average molecular weight is 366 g/mol. The van der Waals surface area contributed by atoms with Crippen molar-refractivity contribution in [1.82, 2.24) is 10.3 Å². The van der Waals surface area contributed by atoms with Gasteiger partial charge in [-0.05, 0) is 61.8 Å². The second kappa shape index (κ2) is 7.78. The number of rotatable bonds is 8. The van der Waals surface area contributed by atoms with Crippen LogP contribution in [0.3, 0.4) is 0 Å². The summed E-state index contributed by atoms with van der Waals surface area (Å²) in [5, 5.41) is 3.05. The third-order valence-corrected chi connectivity index (χ3v) is 4.89. The maximum absolute atomic E-state index is 12.4. The van der Waals surface area contributed by atoms with Crippen molar-refractivity contribution in [1.29, 1.82) is 0 Å². The first-order chi connectivity index (χ1) is 13.2. The molecular formula is C21H22N2O4. The fourth-order valence-corrected chi connectivity index (χ4v) is 3.23. The number of carbonyl (C=O) groups is 2. The summed E-state index contributed by atoms with van der Waals surface area (Å²) < 4.78 is 10.9. The Bertz CT molecular complexity index is 804. The molecule has 1 heterocycles. The number of benzene rings is 1. The molecule has 2 fully saturated rings. The zero-order chi connectivity index (χ0) is 18.6. The van der Waals surface area contributed by atoms with E-state index in [1.54, 1.807) is 48.8 Å². The van der Waals surface area contributed by atoms with E-state index in [9.17, 15) is 9.59 Å². The normalized spacial score (nSPS) is 16.0. The number of pyridine rings is 1. The predicted octanol–water partition coefficient (Wildman–Crippen LogP) is 3.34. The van der Waals surface area contributed by atoms with Crippen molar-refractivity contribution < 1.29 is 19.1 Å². The molecule has 4 rings (SSSR count). The van der Waals surface area contributed by atoms with Gasteiger partial charge in [-0.25, -0.2) is 4.79 Å². The predicted molar refractivity (Wildman–Crippen MR) is 98.4 cm³/mol. The molecule has 0 unspecified atom stereocenters. The van der Waals surface area contributed by atoms with Crippen LogP contribution in [0.5, 0.6) is 11.5 Å². The SMILES string of the molecule is O=C(COC(=O)c1ccccc1Oc1cccnc1)NC(C1CC1)C1CC1. The zero-order valence-electron chi connectivity index (χ0n) is 15.0. The molecule has 27 heavy (non-hydrogen) atoms. The van der Waals surface area contributed by atoms with Crippen LogP contribution in [-0.4, -0.2) is 29.5 Å². The molecule has 1 N–H and O–H groups in total. The number of carbonyl (C=O) groups excluding carboxylic acids is 2. The van der Waals surface area contributed by atoms with Gasteiger partial charge in [-0.1, -0.05) is 12.1 Å². The topological polar surface area (TPSA) is 77.5 Å². The maximum atomic E-state index is 12.4. The standard InChI is InChI=1S/C21H22N2O4/c24-19(23-20(14-7-8-14)15-9-10-15)13-26-21(25)17-5-1-2-6-18(17)27-16-4-3-11-22-12-16/h1-6,11-12,14-15,20H,7-10,13H2,(H,23,24). The third-order valence-electron chi connectivity index (χ3n) is 4.89. The zero-order valence-corrected chi connectivity index (χ0v) is 15.0. The number of esters is 1. The molecule has 0 bridgehead atoms. The van der Waals surface area contributed by atoms with Gasteiger partial charge in [-0.3, -0.25) is 9.78 Å². The van der Waals surface area contributed by atoms with Crippen molar-refractivity contribution in [2.75, 3.05) is 6.61 Å². The summed E-state index contributed by atoms with van der Waals surface area (Å²) in [6.07, 6.45) is 7.93. The van der Waals surface area contributed by atoms with Gasteiger partial charge >= 0.3 is 5.97 Å². The van der Waals surface area contributed by atoms with Gasteiger partial charge in [-0.2, -0.15) is 0 Å². The first-order valence-electron chi connectivity index (χ1n) is 9.34. The highest BCUT2D eigenvalue weighted by atomic mass is 16.5. The first-order valence-corrected chi connectivity index (χ1v) is 9.34. The largest absolute Gasteiger partial charge is 0.455 e. The van der Waals surface area contributed by atoms with Crippen LogP contribution in [0.1, 0.15) is 36.0 Å². The number of hydrogen-bond donors (Lipinski definition) is 1. The molecule has 0 spiro atoms. The van der Waals surface area contributed by atoms with E-state index in [4.69, 9.17) is 9.47 Å². The number of nitrogens with zero attached hydrogens (tertiary/aromatic N) is 1. The Morgan fingerprint density at radius 2 is 1.81 bits per heavy atom. The molecular weight excluding hydrogens is 344 g/mol. The van der Waals surface area contributed by atoms with Crippen LogP contribution in [0.25, 0.3) is 0 Å². The highest BCUT2D eigenvalue weighted by Crippen LogP contribution is 2.44. The van der Waals surface area contributed by atoms with E-state index in [0.29, 0.717) is 23.3 Å². The highest BCUT2D eigenvalue weighted by molar-refractivity contribution is 5.94. The van der Waals surface area contributed by atoms with E-state index < -0.39 is 5.97 Å². The van der Waals surface area contributed by atoms with Gasteiger partial charge in [0.1, 0.15) is 17.1 Å². The lowest BCUT2D eigenvalue weighted by Gasteiger charge is -2.17. The number of amides is 1. The Morgan fingerprint density at radius 1 is 1.07 bits per heavy atom. The van der Waals surface area contributed by atoms with Crippen molar-refractivity contribution >= 4 is 11.9 Å². The number of aromatic nitrogens is 1. The lowest BCUT2D eigenvalue weighted by molar-refractivity contribution is -0.125. The number of nitrogens with one attached hydrogen (secondary N) is 1. The second-order valence-electron chi connectivity index (χ2n) is 7.13. The maximum Gasteiger partial charge on any atom is 0.342 e. The van der Waals surface area contributed by atoms with E-state index >= 15 is 0 Å². The summed E-state index contributed by atoms with van der Waals surface area (Å²) >= 11 is 0. The van der Waals surface area contributed by atoms with Crippen LogP contribution >= 0.6 is 0 Å². The third kappa shape index (κ3) is 4.64. The molecule has 1 amide bonds. The Morgan fingerprint density at radius 3 is 2.48 bits per heavy atom. The Balaban J connectivity index is 1.34. The van der Waals surface area contributed by atoms with Crippen LogP contribution in [-0.2, 0) is 9.53 Å². The van der Waals surface area contributed by atoms with Gasteiger partial charge in [-0.15, -0.1) is 0 Å². The molecule has 2 aliphatic carbocycles. The molecule has 1 aromatic carbocycles. The van der Waals surface area contributed by atoms with Gasteiger partial charge in [0.15, 0.2) is 6.61 Å². The molecule has 2 aliphatic rings. The minimum atomic E-state index is -0.584. The van der Waals surface area contributed by atoms with Gasteiger partial charge in [0.2, 0.25) is 0 Å². The molecule has 6 heteroatoms. The van der Waals surface area contributed by atoms with Crippen LogP contribution in [0.2, 0.25) is 0 Å². The highest BCUT2D eigenvalue weighted by Gasteiger charge is 2.42. The molecule has 2 saturated carbocycles. The van der Waals surface area contributed by atoms with Crippen LogP contribution < -0.4 is 10.1 Å². The van der Waals surface area contributed by atoms with E-state index in [1.165, 1.54) is 25.7 Å². The Labute approximate surface area is 157 Å². The second-order valence-corrected chi connectivity index (χ2v) is 7.13. The van der Waals surface area contributed by atoms with Crippen molar-refractivity contribution in [3.8, 4) is 11.5 Å². The van der Waals surface area contributed by atoms with Crippen LogP contribution in [0.4, 0.5) is 0 Å². The average Bonchev–Trinajstić information content (AvgIpc) is 3.59. The van der Waals surface area contributed by atoms with E-state index in [2.05, 4.69) is 10.3 Å². The minimum Gasteiger partial charge on any atom is -0.455 e. The molecule has 0 radical (unpaired) electrons. The van der Waals surface area contributed by atoms with Gasteiger partial charge in [0, 0.05) is 12.2 Å². The summed E-state index contributed by atoms with van der Waals surface area (Å²) in [5.41, 5.74) is 0.273. The molecule has 140 valence electrons. The molecule has 0 aliphatic heterocycles. The number of hydrogen-bond acceptors (Lipinski definition) is 5. The lowest BCUT2D eigenvalue weighted by Crippen LogP contribution is -2.40. The van der Waals surface area contributed by atoms with Crippen molar-refractivity contribution in [3.05, 3.63) is 54.4 Å². The van der Waals surface area contributed by atoms with Gasteiger partial charge in [0.25, 0.3) is 5.91 Å². The number of para-hydroxylation sites is 1. The summed E-state index contributed by atoms with van der Waals surface area (Å²) in [6.45, 7) is -0.282. The fraction of sp³-hybridized carbons (Fsp3) is 0.381. The molecule has 1 aromatic heterocycles.